The minimum absolute atomic E-state index is 0.417. The van der Waals surface area contributed by atoms with Crippen molar-refractivity contribution in [1.82, 2.24) is 4.98 Å². The van der Waals surface area contributed by atoms with Crippen LogP contribution in [0.25, 0.3) is 10.2 Å². The van der Waals surface area contributed by atoms with E-state index in [4.69, 9.17) is 5.26 Å². The molecule has 0 amide bonds. The number of thiazole rings is 1. The van der Waals surface area contributed by atoms with Crippen molar-refractivity contribution in [3.8, 4) is 6.07 Å². The van der Waals surface area contributed by atoms with Gasteiger partial charge in [-0.2, -0.15) is 5.26 Å². The Labute approximate surface area is 86.8 Å². The summed E-state index contributed by atoms with van der Waals surface area (Å²) in [4.78, 5) is 4.37. The first-order chi connectivity index (χ1) is 6.83. The average Bonchev–Trinajstić information content (AvgIpc) is 2.59. The molecular formula is C11H10N2S. The number of benzene rings is 1. The maximum Gasteiger partial charge on any atom is 0.108 e. The van der Waals surface area contributed by atoms with Crippen LogP contribution >= 0.6 is 11.3 Å². The van der Waals surface area contributed by atoms with Gasteiger partial charge < -0.3 is 0 Å². The van der Waals surface area contributed by atoms with Gasteiger partial charge in [0.1, 0.15) is 5.01 Å². The Morgan fingerprint density at radius 2 is 2.36 bits per heavy atom. The molecule has 0 saturated carbocycles. The van der Waals surface area contributed by atoms with Gasteiger partial charge in [0.25, 0.3) is 0 Å². The Morgan fingerprint density at radius 1 is 1.50 bits per heavy atom. The second-order valence-corrected chi connectivity index (χ2v) is 4.21. The third-order valence-electron chi connectivity index (χ3n) is 2.14. The lowest BCUT2D eigenvalue weighted by Crippen LogP contribution is -1.78. The van der Waals surface area contributed by atoms with Crippen molar-refractivity contribution >= 4 is 21.6 Å². The molecule has 0 saturated heterocycles. The summed E-state index contributed by atoms with van der Waals surface area (Å²) < 4.78 is 1.19. The number of fused-ring (bicyclic) bond motifs is 1. The van der Waals surface area contributed by atoms with Gasteiger partial charge in [-0.25, -0.2) is 4.98 Å². The number of hydrogen-bond donors (Lipinski definition) is 0. The van der Waals surface area contributed by atoms with Crippen molar-refractivity contribution in [3.63, 3.8) is 0 Å². The molecule has 2 aromatic rings. The fourth-order valence-electron chi connectivity index (χ4n) is 1.38. The van der Waals surface area contributed by atoms with Crippen molar-refractivity contribution in [2.24, 2.45) is 0 Å². The van der Waals surface area contributed by atoms with Crippen LogP contribution < -0.4 is 0 Å². The molecule has 0 radical (unpaired) electrons. The molecule has 1 aromatic carbocycles. The van der Waals surface area contributed by atoms with Gasteiger partial charge in [0.05, 0.1) is 22.7 Å². The zero-order valence-electron chi connectivity index (χ0n) is 7.95. The highest BCUT2D eigenvalue weighted by Gasteiger charge is 2.03. The van der Waals surface area contributed by atoms with E-state index in [-0.39, 0.29) is 0 Å². The Morgan fingerprint density at radius 3 is 3.07 bits per heavy atom. The quantitative estimate of drug-likeness (QED) is 0.750. The van der Waals surface area contributed by atoms with E-state index in [0.717, 1.165) is 16.9 Å². The molecule has 14 heavy (non-hydrogen) atoms. The van der Waals surface area contributed by atoms with Gasteiger partial charge in [0.2, 0.25) is 0 Å². The van der Waals surface area contributed by atoms with Gasteiger partial charge in [-0.05, 0) is 24.1 Å². The van der Waals surface area contributed by atoms with Gasteiger partial charge in [-0.3, -0.25) is 0 Å². The number of aromatic nitrogens is 1. The third-order valence-corrected chi connectivity index (χ3v) is 3.15. The second kappa shape index (κ2) is 3.77. The molecule has 0 spiro atoms. The van der Waals surface area contributed by atoms with Crippen molar-refractivity contribution in [2.75, 3.05) is 0 Å². The molecule has 1 aromatic heterocycles. The fourth-order valence-corrected chi connectivity index (χ4v) is 2.34. The predicted molar refractivity (Wildman–Crippen MR) is 58.3 cm³/mol. The molecule has 0 N–H and O–H groups in total. The van der Waals surface area contributed by atoms with E-state index in [0.29, 0.717) is 6.42 Å². The number of nitrogens with zero attached hydrogens (tertiary/aromatic N) is 2. The van der Waals surface area contributed by atoms with Gasteiger partial charge in [-0.1, -0.05) is 13.0 Å². The van der Waals surface area contributed by atoms with E-state index in [1.165, 1.54) is 10.3 Å². The molecule has 0 atom stereocenters. The minimum Gasteiger partial charge on any atom is -0.240 e. The van der Waals surface area contributed by atoms with Gasteiger partial charge in [0.15, 0.2) is 0 Å². The molecule has 0 unspecified atom stereocenters. The Kier molecular flexibility index (Phi) is 2.47. The minimum atomic E-state index is 0.417. The van der Waals surface area contributed by atoms with Crippen LogP contribution in [0.2, 0.25) is 0 Å². The summed E-state index contributed by atoms with van der Waals surface area (Å²) in [5, 5.41) is 9.48. The SMILES string of the molecule is CCc1ccc2nc(CC#N)sc2c1. The topological polar surface area (TPSA) is 36.7 Å². The zero-order valence-corrected chi connectivity index (χ0v) is 8.77. The molecule has 1 heterocycles. The number of nitriles is 1. The van der Waals surface area contributed by atoms with Crippen LogP contribution in [0, 0.1) is 11.3 Å². The maximum atomic E-state index is 8.56. The van der Waals surface area contributed by atoms with Crippen LogP contribution in [0.3, 0.4) is 0 Å². The van der Waals surface area contributed by atoms with E-state index in [1.807, 2.05) is 6.07 Å². The molecule has 70 valence electrons. The van der Waals surface area contributed by atoms with Crippen molar-refractivity contribution in [3.05, 3.63) is 28.8 Å². The number of hydrogen-bond acceptors (Lipinski definition) is 3. The van der Waals surface area contributed by atoms with Crippen LogP contribution in [0.1, 0.15) is 17.5 Å². The molecule has 0 fully saturated rings. The van der Waals surface area contributed by atoms with Crippen LogP contribution in [-0.2, 0) is 12.8 Å². The van der Waals surface area contributed by atoms with Crippen LogP contribution in [0.5, 0.6) is 0 Å². The average molecular weight is 202 g/mol. The lowest BCUT2D eigenvalue weighted by atomic mass is 10.2. The summed E-state index contributed by atoms with van der Waals surface area (Å²) in [5.41, 5.74) is 2.34. The molecule has 0 bridgehead atoms. The number of aryl methyl sites for hydroxylation is 1. The smallest absolute Gasteiger partial charge is 0.108 e. The fraction of sp³-hybridized carbons (Fsp3) is 0.273. The highest BCUT2D eigenvalue weighted by molar-refractivity contribution is 7.18. The molecule has 2 nitrogen and oxygen atoms in total. The summed E-state index contributed by atoms with van der Waals surface area (Å²) in [7, 11) is 0. The lowest BCUT2D eigenvalue weighted by Gasteiger charge is -1.93. The van der Waals surface area contributed by atoms with E-state index >= 15 is 0 Å². The number of rotatable bonds is 2. The van der Waals surface area contributed by atoms with Crippen molar-refractivity contribution in [2.45, 2.75) is 19.8 Å². The van der Waals surface area contributed by atoms with E-state index in [1.54, 1.807) is 11.3 Å². The second-order valence-electron chi connectivity index (χ2n) is 3.10. The Bertz CT molecular complexity index is 493. The monoisotopic (exact) mass is 202 g/mol. The molecule has 2 rings (SSSR count). The first-order valence-corrected chi connectivity index (χ1v) is 5.40. The zero-order chi connectivity index (χ0) is 9.97. The normalized spacial score (nSPS) is 10.3. The Balaban J connectivity index is 2.50. The van der Waals surface area contributed by atoms with E-state index in [2.05, 4.69) is 30.1 Å². The highest BCUT2D eigenvalue weighted by atomic mass is 32.1. The molecule has 3 heteroatoms. The summed E-state index contributed by atoms with van der Waals surface area (Å²) >= 11 is 1.62. The summed E-state index contributed by atoms with van der Waals surface area (Å²) in [6.45, 7) is 2.14. The van der Waals surface area contributed by atoms with Crippen LogP contribution in [0.4, 0.5) is 0 Å². The third kappa shape index (κ3) is 1.61. The van der Waals surface area contributed by atoms with Gasteiger partial charge in [-0.15, -0.1) is 11.3 Å². The van der Waals surface area contributed by atoms with E-state index < -0.39 is 0 Å². The van der Waals surface area contributed by atoms with Gasteiger partial charge in [0, 0.05) is 0 Å². The van der Waals surface area contributed by atoms with Crippen LogP contribution in [-0.4, -0.2) is 4.98 Å². The first kappa shape index (κ1) is 9.17. The summed E-state index contributed by atoms with van der Waals surface area (Å²) in [5.74, 6) is 0. The molecular weight excluding hydrogens is 192 g/mol. The summed E-state index contributed by atoms with van der Waals surface area (Å²) in [6.07, 6.45) is 1.46. The Hall–Kier alpha value is -1.40. The molecule has 0 aliphatic heterocycles. The predicted octanol–water partition coefficient (Wildman–Crippen LogP) is 2.92. The maximum absolute atomic E-state index is 8.56. The van der Waals surface area contributed by atoms with Crippen LogP contribution in [0.15, 0.2) is 18.2 Å². The molecule has 0 aliphatic rings. The summed E-state index contributed by atoms with van der Waals surface area (Å²) in [6, 6.07) is 8.41. The standard InChI is InChI=1S/C11H10N2S/c1-2-8-3-4-9-10(7-8)14-11(13-9)5-6-12/h3-4,7H,2,5H2,1H3. The van der Waals surface area contributed by atoms with Gasteiger partial charge >= 0.3 is 0 Å². The lowest BCUT2D eigenvalue weighted by molar-refractivity contribution is 1.15. The highest BCUT2D eigenvalue weighted by Crippen LogP contribution is 2.23. The van der Waals surface area contributed by atoms with E-state index in [9.17, 15) is 0 Å². The van der Waals surface area contributed by atoms with Crippen molar-refractivity contribution in [1.29, 1.82) is 5.26 Å². The largest absolute Gasteiger partial charge is 0.240 e. The first-order valence-electron chi connectivity index (χ1n) is 4.58. The van der Waals surface area contributed by atoms with Crippen molar-refractivity contribution < 1.29 is 0 Å². The molecule has 0 aliphatic carbocycles.